The molecule has 0 aromatic heterocycles. The summed E-state index contributed by atoms with van der Waals surface area (Å²) in [5.74, 6) is 0.158. The first-order chi connectivity index (χ1) is 5.06. The number of hydrogen-bond donors (Lipinski definition) is 0. The molecule has 0 aliphatic rings. The first-order valence-corrected chi connectivity index (χ1v) is 4.60. The predicted molar refractivity (Wildman–Crippen MR) is 47.6 cm³/mol. The van der Waals surface area contributed by atoms with E-state index >= 15 is 0 Å². The van der Waals surface area contributed by atoms with Crippen LogP contribution in [0.15, 0.2) is 0 Å². The van der Waals surface area contributed by atoms with Gasteiger partial charge in [0.25, 0.3) is 0 Å². The zero-order valence-electron chi connectivity index (χ0n) is 7.22. The Bertz CT molecular complexity index is 138. The summed E-state index contributed by atoms with van der Waals surface area (Å²) in [6, 6.07) is 0. The van der Waals surface area contributed by atoms with E-state index in [4.69, 9.17) is 0 Å². The smallest absolute Gasteiger partial charge is 0.186 e. The van der Waals surface area contributed by atoms with Gasteiger partial charge in [-0.05, 0) is 13.3 Å². The lowest BCUT2D eigenvalue weighted by Gasteiger charge is -2.08. The molecule has 0 aromatic rings. The van der Waals surface area contributed by atoms with Gasteiger partial charge in [0.1, 0.15) is 5.78 Å². The maximum absolute atomic E-state index is 10.7. The van der Waals surface area contributed by atoms with E-state index in [1.54, 1.807) is 6.92 Å². The third-order valence-electron chi connectivity index (χ3n) is 1.30. The summed E-state index contributed by atoms with van der Waals surface area (Å²) >= 11 is 1.27. The van der Waals surface area contributed by atoms with Gasteiger partial charge < -0.3 is 0 Å². The molecule has 0 rings (SSSR count). The highest BCUT2D eigenvalue weighted by atomic mass is 32.2. The predicted octanol–water partition coefficient (Wildman–Crippen LogP) is 2.02. The molecule has 0 amide bonds. The summed E-state index contributed by atoms with van der Waals surface area (Å²) in [6.07, 6.45) is 1.39. The molecule has 0 radical (unpaired) electrons. The first kappa shape index (κ1) is 10.7. The van der Waals surface area contributed by atoms with Crippen LogP contribution >= 0.6 is 11.8 Å². The van der Waals surface area contributed by atoms with Gasteiger partial charge in [-0.2, -0.15) is 0 Å². The third kappa shape index (κ3) is 6.10. The molecule has 11 heavy (non-hydrogen) atoms. The minimum Gasteiger partial charge on any atom is -0.300 e. The van der Waals surface area contributed by atoms with E-state index in [2.05, 4.69) is 0 Å². The normalized spacial score (nSPS) is 12.6. The summed E-state index contributed by atoms with van der Waals surface area (Å²) in [6.45, 7) is 5.08. The van der Waals surface area contributed by atoms with Crippen molar-refractivity contribution in [3.05, 3.63) is 0 Å². The van der Waals surface area contributed by atoms with Gasteiger partial charge in [0, 0.05) is 18.6 Å². The van der Waals surface area contributed by atoms with Gasteiger partial charge in [-0.1, -0.05) is 18.7 Å². The number of ketones is 1. The quantitative estimate of drug-likeness (QED) is 0.654. The topological polar surface area (TPSA) is 34.1 Å². The van der Waals surface area contributed by atoms with Gasteiger partial charge >= 0.3 is 0 Å². The molecule has 64 valence electrons. The Morgan fingerprint density at radius 1 is 1.36 bits per heavy atom. The lowest BCUT2D eigenvalue weighted by atomic mass is 10.2. The molecule has 0 N–H and O–H groups in total. The first-order valence-electron chi connectivity index (χ1n) is 3.73. The standard InChI is InChI=1S/C8H14O2S/c1-4-8(5-6(2)9)11-7(3)10/h8H,4-5H2,1-3H3. The number of carbonyl (C=O) groups is 2. The van der Waals surface area contributed by atoms with Crippen LogP contribution in [0, 0.1) is 0 Å². The third-order valence-corrected chi connectivity index (χ3v) is 2.47. The van der Waals surface area contributed by atoms with E-state index in [-0.39, 0.29) is 16.1 Å². The second kappa shape index (κ2) is 5.35. The van der Waals surface area contributed by atoms with Crippen LogP contribution in [0.5, 0.6) is 0 Å². The van der Waals surface area contributed by atoms with Gasteiger partial charge in [0.2, 0.25) is 0 Å². The van der Waals surface area contributed by atoms with Crippen molar-refractivity contribution < 1.29 is 9.59 Å². The second-order valence-electron chi connectivity index (χ2n) is 2.55. The molecule has 0 saturated carbocycles. The average molecular weight is 174 g/mol. The molecule has 0 fully saturated rings. The highest BCUT2D eigenvalue weighted by Crippen LogP contribution is 2.18. The van der Waals surface area contributed by atoms with E-state index in [1.807, 2.05) is 6.92 Å². The molecular weight excluding hydrogens is 160 g/mol. The van der Waals surface area contributed by atoms with Crippen LogP contribution in [0.2, 0.25) is 0 Å². The fraction of sp³-hybridized carbons (Fsp3) is 0.750. The maximum atomic E-state index is 10.7. The van der Waals surface area contributed by atoms with E-state index in [0.717, 1.165) is 6.42 Å². The van der Waals surface area contributed by atoms with Crippen LogP contribution in [-0.2, 0) is 9.59 Å². The zero-order valence-corrected chi connectivity index (χ0v) is 8.03. The number of carbonyl (C=O) groups excluding carboxylic acids is 2. The van der Waals surface area contributed by atoms with Crippen molar-refractivity contribution in [2.75, 3.05) is 0 Å². The minimum absolute atomic E-state index is 0.0955. The van der Waals surface area contributed by atoms with Crippen LogP contribution in [0.4, 0.5) is 0 Å². The van der Waals surface area contributed by atoms with Crippen LogP contribution in [0.25, 0.3) is 0 Å². The average Bonchev–Trinajstić information content (AvgIpc) is 1.84. The molecule has 0 heterocycles. The Labute approximate surface area is 71.7 Å². The van der Waals surface area contributed by atoms with E-state index in [0.29, 0.717) is 6.42 Å². The molecular formula is C8H14O2S. The molecule has 0 saturated heterocycles. The van der Waals surface area contributed by atoms with Gasteiger partial charge in [-0.25, -0.2) is 0 Å². The molecule has 3 heteroatoms. The van der Waals surface area contributed by atoms with Crippen LogP contribution < -0.4 is 0 Å². The summed E-state index contributed by atoms with van der Waals surface area (Å²) in [4.78, 5) is 21.3. The summed E-state index contributed by atoms with van der Waals surface area (Å²) in [5.41, 5.74) is 0. The summed E-state index contributed by atoms with van der Waals surface area (Å²) < 4.78 is 0. The molecule has 0 aliphatic heterocycles. The van der Waals surface area contributed by atoms with Gasteiger partial charge in [-0.3, -0.25) is 9.59 Å². The van der Waals surface area contributed by atoms with Crippen molar-refractivity contribution in [2.24, 2.45) is 0 Å². The lowest BCUT2D eigenvalue weighted by Crippen LogP contribution is -2.08. The summed E-state index contributed by atoms with van der Waals surface area (Å²) in [7, 11) is 0. The molecule has 0 bridgehead atoms. The van der Waals surface area contributed by atoms with Gasteiger partial charge in [-0.15, -0.1) is 0 Å². The SMILES string of the molecule is CCC(CC(C)=O)SC(C)=O. The van der Waals surface area contributed by atoms with Crippen molar-refractivity contribution in [3.63, 3.8) is 0 Å². The molecule has 2 nitrogen and oxygen atoms in total. The number of hydrogen-bond acceptors (Lipinski definition) is 3. The largest absolute Gasteiger partial charge is 0.300 e. The summed E-state index contributed by atoms with van der Waals surface area (Å²) in [5, 5.41) is 0.281. The Balaban J connectivity index is 3.76. The Morgan fingerprint density at radius 3 is 2.18 bits per heavy atom. The van der Waals surface area contributed by atoms with Crippen LogP contribution in [0.3, 0.4) is 0 Å². The highest BCUT2D eigenvalue weighted by Gasteiger charge is 2.11. The van der Waals surface area contributed by atoms with Crippen molar-refractivity contribution >= 4 is 22.7 Å². The van der Waals surface area contributed by atoms with Crippen LogP contribution in [0.1, 0.15) is 33.6 Å². The molecule has 0 spiro atoms. The lowest BCUT2D eigenvalue weighted by molar-refractivity contribution is -0.117. The van der Waals surface area contributed by atoms with Crippen LogP contribution in [-0.4, -0.2) is 16.1 Å². The number of thioether (sulfide) groups is 1. The zero-order chi connectivity index (χ0) is 8.85. The second-order valence-corrected chi connectivity index (χ2v) is 4.02. The van der Waals surface area contributed by atoms with Crippen molar-refractivity contribution in [1.29, 1.82) is 0 Å². The molecule has 1 unspecified atom stereocenters. The Hall–Kier alpha value is -0.310. The Morgan fingerprint density at radius 2 is 1.91 bits per heavy atom. The van der Waals surface area contributed by atoms with Crippen molar-refractivity contribution in [3.8, 4) is 0 Å². The van der Waals surface area contributed by atoms with E-state index in [1.165, 1.54) is 18.7 Å². The Kier molecular flexibility index (Phi) is 5.20. The number of rotatable bonds is 4. The van der Waals surface area contributed by atoms with E-state index in [9.17, 15) is 9.59 Å². The molecule has 0 aliphatic carbocycles. The fourth-order valence-electron chi connectivity index (χ4n) is 0.825. The maximum Gasteiger partial charge on any atom is 0.186 e. The van der Waals surface area contributed by atoms with Crippen molar-refractivity contribution in [2.45, 2.75) is 38.9 Å². The number of Topliss-reactive ketones (excluding diaryl/α,β-unsaturated/α-hetero) is 1. The molecule has 0 aromatic carbocycles. The fourth-order valence-corrected chi connectivity index (χ4v) is 1.78. The monoisotopic (exact) mass is 174 g/mol. The highest BCUT2D eigenvalue weighted by molar-refractivity contribution is 8.14. The minimum atomic E-state index is 0.0955. The van der Waals surface area contributed by atoms with Crippen molar-refractivity contribution in [1.82, 2.24) is 0 Å². The van der Waals surface area contributed by atoms with Gasteiger partial charge in [0.05, 0.1) is 0 Å². The van der Waals surface area contributed by atoms with Gasteiger partial charge in [0.15, 0.2) is 5.12 Å². The molecule has 1 atom stereocenters. The van der Waals surface area contributed by atoms with E-state index < -0.39 is 0 Å².